The summed E-state index contributed by atoms with van der Waals surface area (Å²) in [4.78, 5) is 4.78. The highest BCUT2D eigenvalue weighted by Crippen LogP contribution is 2.16. The van der Waals surface area contributed by atoms with E-state index < -0.39 is 0 Å². The van der Waals surface area contributed by atoms with Crippen molar-refractivity contribution in [2.45, 2.75) is 52.1 Å². The molecule has 3 N–H and O–H groups in total. The Morgan fingerprint density at radius 1 is 1.15 bits per heavy atom. The first kappa shape index (κ1) is 25.5. The van der Waals surface area contributed by atoms with Crippen LogP contribution in [0.3, 0.4) is 0 Å². The highest BCUT2D eigenvalue weighted by molar-refractivity contribution is 14.0. The number of hydrogen-bond acceptors (Lipinski definition) is 3. The third-order valence-corrected chi connectivity index (χ3v) is 4.65. The molecule has 1 aromatic rings. The van der Waals surface area contributed by atoms with E-state index in [1.165, 1.54) is 24.2 Å². The maximum absolute atomic E-state index is 4.78. The second kappa shape index (κ2) is 14.6. The molecule has 0 spiro atoms. The van der Waals surface area contributed by atoms with Gasteiger partial charge in [0.15, 0.2) is 5.96 Å². The van der Waals surface area contributed by atoms with Crippen LogP contribution in [0.1, 0.15) is 52.1 Å². The average Bonchev–Trinajstić information content (AvgIpc) is 2.60. The summed E-state index contributed by atoms with van der Waals surface area (Å²) in [6, 6.07) is 10.9. The van der Waals surface area contributed by atoms with Gasteiger partial charge >= 0.3 is 0 Å². The van der Waals surface area contributed by atoms with Crippen molar-refractivity contribution in [1.82, 2.24) is 16.0 Å². The van der Waals surface area contributed by atoms with E-state index in [2.05, 4.69) is 80.2 Å². The lowest BCUT2D eigenvalue weighted by Gasteiger charge is -2.29. The minimum absolute atomic E-state index is 0. The normalized spacial score (nSPS) is 13.0. The fourth-order valence-electron chi connectivity index (χ4n) is 2.65. The molecule has 0 amide bonds. The molecule has 0 aliphatic carbocycles. The molecule has 26 heavy (non-hydrogen) atoms. The summed E-state index contributed by atoms with van der Waals surface area (Å²) in [6.07, 6.45) is 4.58. The Labute approximate surface area is 181 Å². The van der Waals surface area contributed by atoms with E-state index in [1.807, 2.05) is 11.8 Å². The fourth-order valence-corrected chi connectivity index (χ4v) is 3.15. The lowest BCUT2D eigenvalue weighted by Crippen LogP contribution is -2.45. The SMILES string of the molecule is CCNC(=NCC(C)(C)NC(C)c1ccccc1)NCCCCSC.I. The summed E-state index contributed by atoms with van der Waals surface area (Å²) in [5, 5.41) is 10.5. The van der Waals surface area contributed by atoms with Gasteiger partial charge in [-0.2, -0.15) is 11.8 Å². The first-order valence-electron chi connectivity index (χ1n) is 9.32. The third kappa shape index (κ3) is 11.3. The van der Waals surface area contributed by atoms with Crippen molar-refractivity contribution in [3.63, 3.8) is 0 Å². The molecule has 0 aliphatic heterocycles. The molecule has 6 heteroatoms. The molecular formula is C20H37IN4S. The lowest BCUT2D eigenvalue weighted by atomic mass is 10.0. The van der Waals surface area contributed by atoms with Gasteiger partial charge in [0.1, 0.15) is 0 Å². The Kier molecular flexibility index (Phi) is 14.3. The van der Waals surface area contributed by atoms with Crippen LogP contribution < -0.4 is 16.0 Å². The van der Waals surface area contributed by atoms with Gasteiger partial charge in [0.05, 0.1) is 6.54 Å². The number of hydrogen-bond donors (Lipinski definition) is 3. The molecule has 0 aliphatic rings. The molecule has 0 fully saturated rings. The Morgan fingerprint density at radius 3 is 2.46 bits per heavy atom. The van der Waals surface area contributed by atoms with Crippen molar-refractivity contribution < 1.29 is 0 Å². The van der Waals surface area contributed by atoms with Crippen LogP contribution in [0.5, 0.6) is 0 Å². The van der Waals surface area contributed by atoms with Crippen LogP contribution in [0.4, 0.5) is 0 Å². The van der Waals surface area contributed by atoms with E-state index in [1.54, 1.807) is 0 Å². The van der Waals surface area contributed by atoms with Gasteiger partial charge in [-0.05, 0) is 58.1 Å². The Balaban J connectivity index is 0.00000625. The molecule has 0 bridgehead atoms. The van der Waals surface area contributed by atoms with Gasteiger partial charge in [-0.3, -0.25) is 4.99 Å². The van der Waals surface area contributed by atoms with Crippen LogP contribution in [0.2, 0.25) is 0 Å². The largest absolute Gasteiger partial charge is 0.357 e. The van der Waals surface area contributed by atoms with Gasteiger partial charge in [0.2, 0.25) is 0 Å². The highest BCUT2D eigenvalue weighted by Gasteiger charge is 2.20. The Hall–Kier alpha value is -0.470. The van der Waals surface area contributed by atoms with Gasteiger partial charge in [-0.1, -0.05) is 30.3 Å². The molecular weight excluding hydrogens is 455 g/mol. The fraction of sp³-hybridized carbons (Fsp3) is 0.650. The topological polar surface area (TPSA) is 48.5 Å². The molecule has 0 radical (unpaired) electrons. The number of nitrogens with zero attached hydrogens (tertiary/aromatic N) is 1. The first-order chi connectivity index (χ1) is 12.0. The smallest absolute Gasteiger partial charge is 0.191 e. The van der Waals surface area contributed by atoms with Gasteiger partial charge in [0.25, 0.3) is 0 Å². The minimum atomic E-state index is -0.0730. The maximum Gasteiger partial charge on any atom is 0.191 e. The number of guanidine groups is 1. The van der Waals surface area contributed by atoms with Crippen LogP contribution in [0, 0.1) is 0 Å². The molecule has 0 heterocycles. The summed E-state index contributed by atoms with van der Waals surface area (Å²) >= 11 is 1.91. The molecule has 4 nitrogen and oxygen atoms in total. The standard InChI is InChI=1S/C20H36N4S.HI/c1-6-21-19(22-14-10-11-15-25-5)23-16-20(3,4)24-17(2)18-12-8-7-9-13-18;/h7-9,12-13,17,24H,6,10-11,14-16H2,1-5H3,(H2,21,22,23);1H. The molecule has 0 saturated heterocycles. The van der Waals surface area contributed by atoms with Crippen molar-refractivity contribution in [2.24, 2.45) is 4.99 Å². The van der Waals surface area contributed by atoms with E-state index in [-0.39, 0.29) is 29.5 Å². The summed E-state index contributed by atoms with van der Waals surface area (Å²) in [7, 11) is 0. The van der Waals surface area contributed by atoms with E-state index in [4.69, 9.17) is 4.99 Å². The monoisotopic (exact) mass is 492 g/mol. The summed E-state index contributed by atoms with van der Waals surface area (Å²) in [5.74, 6) is 2.14. The summed E-state index contributed by atoms with van der Waals surface area (Å²) < 4.78 is 0. The number of nitrogens with one attached hydrogen (secondary N) is 3. The average molecular weight is 493 g/mol. The number of halogens is 1. The van der Waals surface area contributed by atoms with Crippen LogP contribution in [0.25, 0.3) is 0 Å². The van der Waals surface area contributed by atoms with E-state index >= 15 is 0 Å². The third-order valence-electron chi connectivity index (χ3n) is 3.95. The van der Waals surface area contributed by atoms with Crippen molar-refractivity contribution in [1.29, 1.82) is 0 Å². The van der Waals surface area contributed by atoms with Crippen molar-refractivity contribution in [2.75, 3.05) is 31.6 Å². The number of unbranched alkanes of at least 4 members (excludes halogenated alkanes) is 1. The number of rotatable bonds is 11. The summed E-state index contributed by atoms with van der Waals surface area (Å²) in [6.45, 7) is 11.3. The van der Waals surface area contributed by atoms with Crippen molar-refractivity contribution in [3.05, 3.63) is 35.9 Å². The predicted octanol–water partition coefficient (Wildman–Crippen LogP) is 4.43. The van der Waals surface area contributed by atoms with Crippen LogP contribution in [0.15, 0.2) is 35.3 Å². The second-order valence-electron chi connectivity index (χ2n) is 6.98. The zero-order valence-electron chi connectivity index (χ0n) is 17.0. The number of thioether (sulfide) groups is 1. The van der Waals surface area contributed by atoms with Gasteiger partial charge in [-0.25, -0.2) is 0 Å². The predicted molar refractivity (Wildman–Crippen MR) is 129 cm³/mol. The molecule has 1 unspecified atom stereocenters. The molecule has 1 aromatic carbocycles. The summed E-state index contributed by atoms with van der Waals surface area (Å²) in [5.41, 5.74) is 1.23. The lowest BCUT2D eigenvalue weighted by molar-refractivity contribution is 0.356. The zero-order chi connectivity index (χ0) is 18.5. The van der Waals surface area contributed by atoms with Crippen LogP contribution in [-0.2, 0) is 0 Å². The molecule has 1 atom stereocenters. The van der Waals surface area contributed by atoms with Gasteiger partial charge < -0.3 is 16.0 Å². The van der Waals surface area contributed by atoms with E-state index in [9.17, 15) is 0 Å². The van der Waals surface area contributed by atoms with Crippen LogP contribution >= 0.6 is 35.7 Å². The molecule has 0 saturated carbocycles. The molecule has 150 valence electrons. The van der Waals surface area contributed by atoms with Gasteiger partial charge in [0, 0.05) is 24.7 Å². The highest BCUT2D eigenvalue weighted by atomic mass is 127. The van der Waals surface area contributed by atoms with E-state index in [0.717, 1.165) is 25.6 Å². The maximum atomic E-state index is 4.78. The van der Waals surface area contributed by atoms with Gasteiger partial charge in [-0.15, -0.1) is 24.0 Å². The Bertz CT molecular complexity index is 494. The van der Waals surface area contributed by atoms with Crippen LogP contribution in [-0.4, -0.2) is 43.1 Å². The Morgan fingerprint density at radius 2 is 1.85 bits per heavy atom. The van der Waals surface area contributed by atoms with E-state index in [0.29, 0.717) is 6.04 Å². The first-order valence-corrected chi connectivity index (χ1v) is 10.7. The van der Waals surface area contributed by atoms with Crippen molar-refractivity contribution in [3.8, 4) is 0 Å². The molecule has 1 rings (SSSR count). The second-order valence-corrected chi connectivity index (χ2v) is 7.97. The van der Waals surface area contributed by atoms with Crippen molar-refractivity contribution >= 4 is 41.7 Å². The number of benzene rings is 1. The zero-order valence-corrected chi connectivity index (χ0v) is 20.1. The minimum Gasteiger partial charge on any atom is -0.357 e. The molecule has 0 aromatic heterocycles. The number of aliphatic imine (C=N–C) groups is 1. The quantitative estimate of drug-likeness (QED) is 0.185.